The summed E-state index contributed by atoms with van der Waals surface area (Å²) in [7, 11) is -0.248. The van der Waals surface area contributed by atoms with E-state index in [0.717, 1.165) is 0 Å². The fourth-order valence-electron chi connectivity index (χ4n) is 0.881. The number of carbonyl (C=O) groups is 2. The highest BCUT2D eigenvalue weighted by Crippen LogP contribution is 2.06. The van der Waals surface area contributed by atoms with Crippen molar-refractivity contribution in [2.75, 3.05) is 0 Å². The first-order valence-corrected chi connectivity index (χ1v) is 4.01. The Labute approximate surface area is 70.6 Å². The zero-order chi connectivity index (χ0) is 8.97. The summed E-state index contributed by atoms with van der Waals surface area (Å²) in [6.07, 6.45) is 1.10. The number of carbonyl (C=O) groups excluding carboxylic acids is 2. The Morgan fingerprint density at radius 1 is 1.17 bits per heavy atom. The van der Waals surface area contributed by atoms with Crippen molar-refractivity contribution < 1.29 is 14.2 Å². The lowest BCUT2D eigenvalue weighted by atomic mass is 10.1. The molecule has 0 unspecified atom stereocenters. The molecule has 0 saturated heterocycles. The van der Waals surface area contributed by atoms with E-state index in [0.29, 0.717) is 17.9 Å². The van der Waals surface area contributed by atoms with Crippen molar-refractivity contribution in [2.45, 2.75) is 0 Å². The van der Waals surface area contributed by atoms with E-state index in [2.05, 4.69) is 0 Å². The summed E-state index contributed by atoms with van der Waals surface area (Å²) in [5, 5.41) is 0.342. The molecule has 0 amide bonds. The van der Waals surface area contributed by atoms with Gasteiger partial charge in [-0.25, -0.2) is 0 Å². The summed E-state index contributed by atoms with van der Waals surface area (Å²) in [6.45, 7) is 0. The molecule has 1 aromatic rings. The number of benzene rings is 1. The van der Waals surface area contributed by atoms with Gasteiger partial charge in [-0.15, -0.1) is 0 Å². The molecule has 3 nitrogen and oxygen atoms in total. The van der Waals surface area contributed by atoms with Gasteiger partial charge in [-0.05, 0) is 6.07 Å². The second-order valence-electron chi connectivity index (χ2n) is 2.11. The average molecular weight is 180 g/mol. The minimum Gasteiger partial charge on any atom is -0.298 e. The number of hydrogen-bond acceptors (Lipinski definition) is 3. The molecule has 12 heavy (non-hydrogen) atoms. The van der Waals surface area contributed by atoms with Gasteiger partial charge in [-0.1, -0.05) is 12.1 Å². The van der Waals surface area contributed by atoms with Gasteiger partial charge in [0.25, 0.3) is 0 Å². The van der Waals surface area contributed by atoms with Crippen molar-refractivity contribution in [3.63, 3.8) is 0 Å². The van der Waals surface area contributed by atoms with Crippen molar-refractivity contribution in [2.24, 2.45) is 0 Å². The maximum Gasteiger partial charge on any atom is 0.193 e. The van der Waals surface area contributed by atoms with Crippen molar-refractivity contribution in [3.8, 4) is 0 Å². The van der Waals surface area contributed by atoms with Crippen LogP contribution in [0.2, 0.25) is 0 Å². The minimum atomic E-state index is -0.248. The third-order valence-corrected chi connectivity index (χ3v) is 2.05. The smallest absolute Gasteiger partial charge is 0.193 e. The maximum atomic E-state index is 10.5. The van der Waals surface area contributed by atoms with E-state index in [-0.39, 0.29) is 19.6 Å². The van der Waals surface area contributed by atoms with Gasteiger partial charge < -0.3 is 0 Å². The van der Waals surface area contributed by atoms with Crippen LogP contribution in [-0.4, -0.2) is 12.6 Å². The molecule has 4 heteroatoms. The number of aldehydes is 2. The van der Waals surface area contributed by atoms with Crippen LogP contribution in [0, 0.1) is 0 Å². The number of hydrogen-bond donors (Lipinski definition) is 0. The molecule has 0 atom stereocenters. The van der Waals surface area contributed by atoms with E-state index in [1.807, 2.05) is 0 Å². The second kappa shape index (κ2) is 3.88. The summed E-state index contributed by atoms with van der Waals surface area (Å²) < 4.78 is 10.5. The fourth-order valence-corrected chi connectivity index (χ4v) is 1.31. The first kappa shape index (κ1) is 8.75. The molecule has 0 fully saturated rings. The zero-order valence-electron chi connectivity index (χ0n) is 6.06. The molecular weight excluding hydrogens is 175 g/mol. The first-order valence-electron chi connectivity index (χ1n) is 3.20. The van der Waals surface area contributed by atoms with Gasteiger partial charge in [-0.2, -0.15) is 0 Å². The van der Waals surface area contributed by atoms with Gasteiger partial charge in [0.05, 0.1) is 5.30 Å². The topological polar surface area (TPSA) is 51.2 Å². The van der Waals surface area contributed by atoms with Gasteiger partial charge in [0.15, 0.2) is 21.0 Å². The molecule has 0 N–H and O–H groups in total. The molecule has 0 heterocycles. The van der Waals surface area contributed by atoms with E-state index in [4.69, 9.17) is 0 Å². The summed E-state index contributed by atoms with van der Waals surface area (Å²) in [6, 6.07) is 4.62. The molecule has 0 aromatic heterocycles. The predicted octanol–water partition coefficient (Wildman–Crippen LogP) is 1.23. The van der Waals surface area contributed by atoms with Crippen molar-refractivity contribution in [1.29, 1.82) is 0 Å². The Morgan fingerprint density at radius 3 is 2.42 bits per heavy atom. The molecule has 0 aliphatic heterocycles. The molecule has 0 spiro atoms. The van der Waals surface area contributed by atoms with Gasteiger partial charge in [0.1, 0.15) is 0 Å². The lowest BCUT2D eigenvalue weighted by Crippen LogP contribution is -2.05. The Morgan fingerprint density at radius 2 is 1.92 bits per heavy atom. The highest BCUT2D eigenvalue weighted by atomic mass is 31.1. The van der Waals surface area contributed by atoms with Crippen LogP contribution in [0.1, 0.15) is 20.7 Å². The molecule has 0 aliphatic carbocycles. The molecule has 60 valence electrons. The standard InChI is InChI=1S/C8H5O3P/c9-4-6-2-1-3-8(12-11)7(6)5-10/h1-5H. The third kappa shape index (κ3) is 1.46. The Kier molecular flexibility index (Phi) is 2.83. The normalized spacial score (nSPS) is 9.67. The Hall–Kier alpha value is -1.34. The average Bonchev–Trinajstić information content (AvgIpc) is 2.16. The SMILES string of the molecule is O=Cc1cccc(P=O)c1C=O. The second-order valence-corrected chi connectivity index (χ2v) is 2.77. The summed E-state index contributed by atoms with van der Waals surface area (Å²) in [5.74, 6) is 0. The molecule has 1 rings (SSSR count). The van der Waals surface area contributed by atoms with Crippen LogP contribution < -0.4 is 5.30 Å². The lowest BCUT2D eigenvalue weighted by molar-refractivity contribution is 0.109. The van der Waals surface area contributed by atoms with Crippen LogP contribution in [0.5, 0.6) is 0 Å². The van der Waals surface area contributed by atoms with E-state index in [9.17, 15) is 14.2 Å². The van der Waals surface area contributed by atoms with Crippen LogP contribution in [-0.2, 0) is 4.57 Å². The predicted molar refractivity (Wildman–Crippen MR) is 44.5 cm³/mol. The van der Waals surface area contributed by atoms with E-state index < -0.39 is 0 Å². The molecular formula is C8H5O3P. The summed E-state index contributed by atoms with van der Waals surface area (Å²) >= 11 is 0. The largest absolute Gasteiger partial charge is 0.298 e. The molecule has 0 saturated carbocycles. The molecule has 1 aromatic carbocycles. The fraction of sp³-hybridized carbons (Fsp3) is 0. The molecule has 0 bridgehead atoms. The summed E-state index contributed by atoms with van der Waals surface area (Å²) in [5.41, 5.74) is 0.468. The van der Waals surface area contributed by atoms with E-state index >= 15 is 0 Å². The van der Waals surface area contributed by atoms with Crippen molar-refractivity contribution >= 4 is 26.3 Å². The van der Waals surface area contributed by atoms with Crippen molar-refractivity contribution in [3.05, 3.63) is 29.3 Å². The van der Waals surface area contributed by atoms with Gasteiger partial charge >= 0.3 is 0 Å². The molecule has 0 radical (unpaired) electrons. The van der Waals surface area contributed by atoms with E-state index in [1.54, 1.807) is 6.07 Å². The van der Waals surface area contributed by atoms with Gasteiger partial charge in [-0.3, -0.25) is 14.2 Å². The highest BCUT2D eigenvalue weighted by molar-refractivity contribution is 7.34. The van der Waals surface area contributed by atoms with Gasteiger partial charge in [0, 0.05) is 11.1 Å². The monoisotopic (exact) mass is 180 g/mol. The zero-order valence-corrected chi connectivity index (χ0v) is 6.95. The van der Waals surface area contributed by atoms with Gasteiger partial charge in [0.2, 0.25) is 0 Å². The highest BCUT2D eigenvalue weighted by Gasteiger charge is 2.05. The Bertz CT molecular complexity index is 307. The van der Waals surface area contributed by atoms with Crippen LogP contribution in [0.3, 0.4) is 0 Å². The van der Waals surface area contributed by atoms with Crippen LogP contribution >= 0.6 is 8.46 Å². The summed E-state index contributed by atoms with van der Waals surface area (Å²) in [4.78, 5) is 20.9. The quantitative estimate of drug-likeness (QED) is 0.519. The van der Waals surface area contributed by atoms with Crippen LogP contribution in [0.4, 0.5) is 0 Å². The number of rotatable bonds is 3. The lowest BCUT2D eigenvalue weighted by Gasteiger charge is -1.97. The van der Waals surface area contributed by atoms with Crippen molar-refractivity contribution in [1.82, 2.24) is 0 Å². The third-order valence-electron chi connectivity index (χ3n) is 1.46. The maximum absolute atomic E-state index is 10.5. The van der Waals surface area contributed by atoms with Crippen LogP contribution in [0.25, 0.3) is 0 Å². The van der Waals surface area contributed by atoms with Crippen LogP contribution in [0.15, 0.2) is 18.2 Å². The Balaban J connectivity index is 3.40. The minimum absolute atomic E-state index is 0.198. The van der Waals surface area contributed by atoms with E-state index in [1.165, 1.54) is 12.1 Å². The molecule has 0 aliphatic rings. The first-order chi connectivity index (χ1) is 5.83.